The lowest BCUT2D eigenvalue weighted by molar-refractivity contribution is -0.143. The first-order chi connectivity index (χ1) is 10.9. The summed E-state index contributed by atoms with van der Waals surface area (Å²) in [6.07, 6.45) is 0.811. The summed E-state index contributed by atoms with van der Waals surface area (Å²) >= 11 is 0. The van der Waals surface area contributed by atoms with Crippen LogP contribution in [0.25, 0.3) is 0 Å². The van der Waals surface area contributed by atoms with Crippen molar-refractivity contribution < 1.29 is 32.6 Å². The molecule has 1 atom stereocenters. The van der Waals surface area contributed by atoms with Crippen LogP contribution < -0.4 is 4.74 Å². The number of carbonyl (C=O) groups is 2. The van der Waals surface area contributed by atoms with E-state index in [9.17, 15) is 18.0 Å². The van der Waals surface area contributed by atoms with Gasteiger partial charge >= 0.3 is 11.9 Å². The van der Waals surface area contributed by atoms with E-state index in [0.717, 1.165) is 4.31 Å². The van der Waals surface area contributed by atoms with Crippen molar-refractivity contribution in [1.29, 1.82) is 0 Å². The maximum atomic E-state index is 12.5. The number of ether oxygens (including phenoxy) is 2. The third-order valence-corrected chi connectivity index (χ3v) is 5.43. The van der Waals surface area contributed by atoms with Gasteiger partial charge < -0.3 is 14.6 Å². The van der Waals surface area contributed by atoms with Gasteiger partial charge in [-0.1, -0.05) is 0 Å². The summed E-state index contributed by atoms with van der Waals surface area (Å²) < 4.78 is 35.6. The fourth-order valence-electron chi connectivity index (χ4n) is 2.32. The molecule has 0 aliphatic carbocycles. The smallest absolute Gasteiger partial charge is 0.343 e. The number of benzene rings is 1. The van der Waals surface area contributed by atoms with E-state index >= 15 is 0 Å². The molecule has 2 rings (SSSR count). The summed E-state index contributed by atoms with van der Waals surface area (Å²) in [5.41, 5.74) is 0. The van der Waals surface area contributed by atoms with Crippen LogP contribution in [0, 0.1) is 0 Å². The molecule has 1 aromatic carbocycles. The second kappa shape index (κ2) is 6.97. The lowest BCUT2D eigenvalue weighted by Crippen LogP contribution is -2.40. The number of hydrogen-bond acceptors (Lipinski definition) is 6. The fourth-order valence-corrected chi connectivity index (χ4v) is 3.97. The average molecular weight is 343 g/mol. The Morgan fingerprint density at radius 3 is 2.52 bits per heavy atom. The van der Waals surface area contributed by atoms with Gasteiger partial charge in [0.05, 0.1) is 12.0 Å². The molecule has 0 bridgehead atoms. The highest BCUT2D eigenvalue weighted by Gasteiger charge is 2.39. The molecule has 0 spiro atoms. The Balaban J connectivity index is 2.14. The first-order valence-electron chi connectivity index (χ1n) is 6.90. The van der Waals surface area contributed by atoms with Crippen LogP contribution in [0.5, 0.6) is 5.75 Å². The van der Waals surface area contributed by atoms with Gasteiger partial charge in [0, 0.05) is 6.54 Å². The minimum absolute atomic E-state index is 0.0175. The van der Waals surface area contributed by atoms with Gasteiger partial charge in [-0.25, -0.2) is 13.2 Å². The normalized spacial score (nSPS) is 18.6. The van der Waals surface area contributed by atoms with E-state index in [-0.39, 0.29) is 18.0 Å². The zero-order valence-corrected chi connectivity index (χ0v) is 13.3. The zero-order chi connectivity index (χ0) is 17.0. The van der Waals surface area contributed by atoms with Gasteiger partial charge in [0.25, 0.3) is 0 Å². The van der Waals surface area contributed by atoms with Crippen LogP contribution >= 0.6 is 0 Å². The summed E-state index contributed by atoms with van der Waals surface area (Å²) in [5.74, 6) is -1.39. The number of esters is 1. The van der Waals surface area contributed by atoms with Gasteiger partial charge in [-0.2, -0.15) is 4.31 Å². The number of aliphatic carboxylic acids is 1. The van der Waals surface area contributed by atoms with Crippen LogP contribution in [0.4, 0.5) is 0 Å². The highest BCUT2D eigenvalue weighted by atomic mass is 32.2. The Bertz CT molecular complexity index is 684. The van der Waals surface area contributed by atoms with Crippen molar-refractivity contribution in [3.05, 3.63) is 24.3 Å². The third kappa shape index (κ3) is 3.80. The summed E-state index contributed by atoms with van der Waals surface area (Å²) in [6, 6.07) is 4.41. The van der Waals surface area contributed by atoms with E-state index in [2.05, 4.69) is 4.74 Å². The quantitative estimate of drug-likeness (QED) is 0.748. The Morgan fingerprint density at radius 2 is 1.96 bits per heavy atom. The Kier molecular flexibility index (Phi) is 5.22. The van der Waals surface area contributed by atoms with Gasteiger partial charge in [0.1, 0.15) is 11.8 Å². The second-order valence-electron chi connectivity index (χ2n) is 4.95. The number of methoxy groups -OCH3 is 1. The number of rotatable bonds is 6. The molecule has 8 nitrogen and oxygen atoms in total. The molecule has 0 amide bonds. The molecule has 1 heterocycles. The molecule has 0 aromatic heterocycles. The van der Waals surface area contributed by atoms with Gasteiger partial charge in [-0.05, 0) is 37.1 Å². The van der Waals surface area contributed by atoms with Crippen molar-refractivity contribution in [3.8, 4) is 5.75 Å². The van der Waals surface area contributed by atoms with Gasteiger partial charge in [0.15, 0.2) is 6.61 Å². The third-order valence-electron chi connectivity index (χ3n) is 3.50. The van der Waals surface area contributed by atoms with Crippen molar-refractivity contribution in [2.75, 3.05) is 20.3 Å². The van der Waals surface area contributed by atoms with Gasteiger partial charge in [-0.15, -0.1) is 0 Å². The van der Waals surface area contributed by atoms with Crippen LogP contribution in [-0.4, -0.2) is 56.1 Å². The number of carbonyl (C=O) groups excluding carboxylic acids is 1. The lowest BCUT2D eigenvalue weighted by atomic mass is 10.2. The first-order valence-corrected chi connectivity index (χ1v) is 8.34. The maximum Gasteiger partial charge on any atom is 0.343 e. The second-order valence-corrected chi connectivity index (χ2v) is 6.84. The van der Waals surface area contributed by atoms with Crippen molar-refractivity contribution in [3.63, 3.8) is 0 Å². The minimum Gasteiger partial charge on any atom is -0.482 e. The Labute approximate surface area is 133 Å². The molecule has 1 fully saturated rings. The van der Waals surface area contributed by atoms with E-state index < -0.39 is 28.0 Å². The largest absolute Gasteiger partial charge is 0.482 e. The molecule has 1 aliphatic rings. The van der Waals surface area contributed by atoms with E-state index in [1.54, 1.807) is 0 Å². The van der Waals surface area contributed by atoms with E-state index in [1.165, 1.54) is 31.4 Å². The SMILES string of the molecule is COC(=O)COc1ccc(S(=O)(=O)N2CCCC2C(=O)O)cc1. The van der Waals surface area contributed by atoms with Crippen molar-refractivity contribution in [1.82, 2.24) is 4.31 Å². The van der Waals surface area contributed by atoms with Crippen LogP contribution in [-0.2, 0) is 24.3 Å². The topological polar surface area (TPSA) is 110 Å². The number of carboxylic acid groups (broad SMARTS) is 1. The van der Waals surface area contributed by atoms with E-state index in [4.69, 9.17) is 9.84 Å². The summed E-state index contributed by atoms with van der Waals surface area (Å²) in [4.78, 5) is 22.1. The molecule has 0 saturated carbocycles. The molecule has 1 aliphatic heterocycles. The summed E-state index contributed by atoms with van der Waals surface area (Å²) in [5, 5.41) is 9.11. The molecule has 1 unspecified atom stereocenters. The highest BCUT2D eigenvalue weighted by molar-refractivity contribution is 7.89. The predicted molar refractivity (Wildman–Crippen MR) is 78.5 cm³/mol. The standard InChI is InChI=1S/C14H17NO7S/c1-21-13(16)9-22-10-4-6-11(7-5-10)23(19,20)15-8-2-3-12(15)14(17)18/h4-7,12H,2-3,8-9H2,1H3,(H,17,18). The molecular weight excluding hydrogens is 326 g/mol. The molecule has 1 N–H and O–H groups in total. The van der Waals surface area contributed by atoms with E-state index in [1.807, 2.05) is 0 Å². The van der Waals surface area contributed by atoms with Crippen LogP contribution in [0.2, 0.25) is 0 Å². The van der Waals surface area contributed by atoms with Crippen molar-refractivity contribution in [2.45, 2.75) is 23.8 Å². The number of hydrogen-bond donors (Lipinski definition) is 1. The first kappa shape index (κ1) is 17.2. The molecule has 23 heavy (non-hydrogen) atoms. The molecule has 126 valence electrons. The summed E-state index contributed by atoms with van der Waals surface area (Å²) in [6.45, 7) is -0.101. The number of nitrogens with zero attached hydrogens (tertiary/aromatic N) is 1. The predicted octanol–water partition coefficient (Wildman–Crippen LogP) is 0.476. The molecular formula is C14H17NO7S. The molecule has 1 aromatic rings. The van der Waals surface area contributed by atoms with Crippen LogP contribution in [0.1, 0.15) is 12.8 Å². The monoisotopic (exact) mass is 343 g/mol. The molecule has 0 radical (unpaired) electrons. The Hall–Kier alpha value is -2.13. The zero-order valence-electron chi connectivity index (χ0n) is 12.5. The fraction of sp³-hybridized carbons (Fsp3) is 0.429. The van der Waals surface area contributed by atoms with Crippen molar-refractivity contribution >= 4 is 22.0 Å². The van der Waals surface area contributed by atoms with Crippen molar-refractivity contribution in [2.24, 2.45) is 0 Å². The Morgan fingerprint density at radius 1 is 1.30 bits per heavy atom. The van der Waals surface area contributed by atoms with E-state index in [0.29, 0.717) is 18.6 Å². The maximum absolute atomic E-state index is 12.5. The number of carboxylic acids is 1. The number of sulfonamides is 1. The van der Waals surface area contributed by atoms with Crippen LogP contribution in [0.15, 0.2) is 29.2 Å². The van der Waals surface area contributed by atoms with Crippen LogP contribution in [0.3, 0.4) is 0 Å². The average Bonchev–Trinajstić information content (AvgIpc) is 3.03. The lowest BCUT2D eigenvalue weighted by Gasteiger charge is -2.21. The minimum atomic E-state index is -3.88. The molecule has 9 heteroatoms. The van der Waals surface area contributed by atoms with Gasteiger partial charge in [0.2, 0.25) is 10.0 Å². The molecule has 1 saturated heterocycles. The highest BCUT2D eigenvalue weighted by Crippen LogP contribution is 2.27. The summed E-state index contributed by atoms with van der Waals surface area (Å²) in [7, 11) is -2.65. The van der Waals surface area contributed by atoms with Gasteiger partial charge in [-0.3, -0.25) is 4.79 Å².